The summed E-state index contributed by atoms with van der Waals surface area (Å²) in [6, 6.07) is 10.3. The summed E-state index contributed by atoms with van der Waals surface area (Å²) in [6.07, 6.45) is 2.38. The van der Waals surface area contributed by atoms with E-state index in [0.717, 1.165) is 0 Å². The predicted molar refractivity (Wildman–Crippen MR) is 132 cm³/mol. The molecule has 36 heavy (non-hydrogen) atoms. The van der Waals surface area contributed by atoms with Crippen molar-refractivity contribution < 1.29 is 23.2 Å². The number of hydrogen-bond donors (Lipinski definition) is 1. The van der Waals surface area contributed by atoms with Gasteiger partial charge in [-0.3, -0.25) is 9.78 Å². The highest BCUT2D eigenvalue weighted by Crippen LogP contribution is 2.23. The summed E-state index contributed by atoms with van der Waals surface area (Å²) in [5.74, 6) is 0.809. The second-order valence-electron chi connectivity index (χ2n) is 7.22. The molecule has 1 amide bonds. The Morgan fingerprint density at radius 2 is 2.03 bits per heavy atom. The number of benzene rings is 1. The van der Waals surface area contributed by atoms with E-state index >= 15 is 0 Å². The number of nitrogens with zero attached hydrogens (tertiary/aromatic N) is 6. The molecule has 2 heterocycles. The van der Waals surface area contributed by atoms with Gasteiger partial charge in [-0.05, 0) is 48.4 Å². The summed E-state index contributed by atoms with van der Waals surface area (Å²) < 4.78 is 28.9. The van der Waals surface area contributed by atoms with Gasteiger partial charge in [-0.25, -0.2) is 0 Å². The van der Waals surface area contributed by atoms with Crippen molar-refractivity contribution in [2.75, 3.05) is 32.9 Å². The van der Waals surface area contributed by atoms with Crippen LogP contribution in [0, 0.1) is 0 Å². The van der Waals surface area contributed by atoms with Gasteiger partial charge in [-0.15, -0.1) is 5.10 Å². The number of pyridine rings is 1. The molecular formula is C22H24ClN7O5S. The molecule has 190 valence electrons. The fourth-order valence-corrected chi connectivity index (χ4v) is 3.81. The van der Waals surface area contributed by atoms with Gasteiger partial charge in [-0.1, -0.05) is 21.8 Å². The van der Waals surface area contributed by atoms with Gasteiger partial charge in [0.15, 0.2) is 5.75 Å². The number of ether oxygens (including phenoxy) is 2. The number of aromatic nitrogens is 3. The van der Waals surface area contributed by atoms with Gasteiger partial charge in [0.25, 0.3) is 5.89 Å². The molecular weight excluding hydrogens is 510 g/mol. The molecule has 1 atom stereocenters. The van der Waals surface area contributed by atoms with Crippen molar-refractivity contribution >= 4 is 28.7 Å². The first-order valence-electron chi connectivity index (χ1n) is 11.0. The van der Waals surface area contributed by atoms with E-state index in [1.807, 2.05) is 0 Å². The highest BCUT2D eigenvalue weighted by molar-refractivity contribution is 7.90. The first-order valence-corrected chi connectivity index (χ1v) is 12.7. The predicted octanol–water partition coefficient (Wildman–Crippen LogP) is 3.69. The van der Waals surface area contributed by atoms with E-state index in [1.54, 1.807) is 36.4 Å². The molecule has 2 aromatic heterocycles. The molecule has 0 unspecified atom stereocenters. The van der Waals surface area contributed by atoms with Crippen molar-refractivity contribution in [1.29, 1.82) is 0 Å². The van der Waals surface area contributed by atoms with Crippen LogP contribution in [0.2, 0.25) is 5.02 Å². The maximum atomic E-state index is 12.6. The van der Waals surface area contributed by atoms with Crippen LogP contribution in [0.3, 0.4) is 0 Å². The van der Waals surface area contributed by atoms with Crippen molar-refractivity contribution in [2.24, 2.45) is 5.11 Å². The Morgan fingerprint density at radius 1 is 1.19 bits per heavy atom. The number of halogens is 1. The Morgan fingerprint density at radius 3 is 2.78 bits per heavy atom. The van der Waals surface area contributed by atoms with Gasteiger partial charge in [-0.2, -0.15) is 0 Å². The van der Waals surface area contributed by atoms with Crippen molar-refractivity contribution in [3.05, 3.63) is 63.8 Å². The highest BCUT2D eigenvalue weighted by atomic mass is 35.5. The average molecular weight is 534 g/mol. The summed E-state index contributed by atoms with van der Waals surface area (Å²) in [5.41, 5.74) is 9.41. The molecule has 3 rings (SSSR count). The molecule has 12 nitrogen and oxygen atoms in total. The summed E-state index contributed by atoms with van der Waals surface area (Å²) in [6.45, 7) is 1.66. The molecule has 0 spiro atoms. The van der Waals surface area contributed by atoms with Gasteiger partial charge in [0.05, 0.1) is 42.9 Å². The summed E-state index contributed by atoms with van der Waals surface area (Å²) >= 11 is 4.32. The van der Waals surface area contributed by atoms with Crippen molar-refractivity contribution in [2.45, 2.75) is 23.8 Å². The van der Waals surface area contributed by atoms with Crippen LogP contribution < -0.4 is 10.1 Å². The maximum Gasteiger partial charge on any atom is 0.436 e. The van der Waals surface area contributed by atoms with Crippen LogP contribution >= 0.6 is 11.6 Å². The van der Waals surface area contributed by atoms with E-state index in [4.69, 9.17) is 31.0 Å². The Kier molecular flexibility index (Phi) is 11.3. The number of hydrogen-bond acceptors (Lipinski definition) is 9. The van der Waals surface area contributed by atoms with E-state index in [-0.39, 0.29) is 29.3 Å². The number of carbonyl (C=O) groups is 1. The van der Waals surface area contributed by atoms with Gasteiger partial charge >= 0.3 is 5.22 Å². The number of rotatable bonds is 15. The lowest BCUT2D eigenvalue weighted by molar-refractivity contribution is -0.121. The lowest BCUT2D eigenvalue weighted by atomic mass is 10.2. The van der Waals surface area contributed by atoms with E-state index in [9.17, 15) is 9.35 Å². The molecule has 1 aromatic carbocycles. The average Bonchev–Trinajstić information content (AvgIpc) is 3.38. The number of nitrogens with one attached hydrogen (secondary N) is 1. The normalized spacial score (nSPS) is 11.5. The van der Waals surface area contributed by atoms with E-state index in [1.165, 1.54) is 6.20 Å². The first kappa shape index (κ1) is 27.2. The quantitative estimate of drug-likeness (QED) is 0.101. The van der Waals surface area contributed by atoms with Crippen LogP contribution in [0.5, 0.6) is 5.75 Å². The largest absolute Gasteiger partial charge is 0.607 e. The number of carbonyl (C=O) groups excluding carboxylic acids is 1. The fourth-order valence-electron chi connectivity index (χ4n) is 2.81. The third-order valence-electron chi connectivity index (χ3n) is 4.55. The zero-order valence-corrected chi connectivity index (χ0v) is 20.8. The van der Waals surface area contributed by atoms with Crippen LogP contribution in [0.25, 0.3) is 21.9 Å². The molecule has 1 N–H and O–H groups in total. The third-order valence-corrected chi connectivity index (χ3v) is 5.92. The van der Waals surface area contributed by atoms with Crippen LogP contribution in [0.15, 0.2) is 57.3 Å². The SMILES string of the molecule is [N-]=[N+]=NCCOCCNC(=O)CCCOc1ccc(C[S@+]([O-])c2nnc(-c3ccc(Cl)cc3)o2)nc1. The van der Waals surface area contributed by atoms with Crippen molar-refractivity contribution in [3.63, 3.8) is 0 Å². The van der Waals surface area contributed by atoms with Crippen LogP contribution in [-0.2, 0) is 26.5 Å². The van der Waals surface area contributed by atoms with Gasteiger partial charge in [0, 0.05) is 35.0 Å². The minimum atomic E-state index is -1.56. The lowest BCUT2D eigenvalue weighted by Crippen LogP contribution is -2.27. The first-order chi connectivity index (χ1) is 17.5. The number of amides is 1. The summed E-state index contributed by atoms with van der Waals surface area (Å²) in [7, 11) is 0. The smallest absolute Gasteiger partial charge is 0.436 e. The van der Waals surface area contributed by atoms with E-state index in [2.05, 4.69) is 30.5 Å². The standard InChI is InChI=1S/C22H24ClN7O5S/c23-17-5-3-16(4-6-17)21-28-29-22(35-21)36(32)15-18-7-8-19(14-26-18)34-11-1-2-20(31)25-9-12-33-13-10-27-30-24/h3-8,14H,1-2,9-13,15H2,(H,25,31)/t36-/m0/s1. The molecule has 0 bridgehead atoms. The third kappa shape index (κ3) is 9.36. The Labute approximate surface area is 215 Å². The molecule has 0 aliphatic carbocycles. The lowest BCUT2D eigenvalue weighted by Gasteiger charge is -2.08. The van der Waals surface area contributed by atoms with Gasteiger partial charge in [0.2, 0.25) is 5.91 Å². The Bertz CT molecular complexity index is 1140. The Hall–Kier alpha value is -3.35. The maximum absolute atomic E-state index is 12.6. The second-order valence-corrected chi connectivity index (χ2v) is 8.99. The van der Waals surface area contributed by atoms with E-state index < -0.39 is 11.2 Å². The van der Waals surface area contributed by atoms with Gasteiger partial charge in [0.1, 0.15) is 5.75 Å². The molecule has 0 aliphatic heterocycles. The summed E-state index contributed by atoms with van der Waals surface area (Å²) in [4.78, 5) is 18.7. The van der Waals surface area contributed by atoms with Crippen molar-refractivity contribution in [3.8, 4) is 17.2 Å². The summed E-state index contributed by atoms with van der Waals surface area (Å²) in [5, 5.41) is 14.5. The molecule has 0 saturated carbocycles. The van der Waals surface area contributed by atoms with Crippen LogP contribution in [-0.4, -0.2) is 58.6 Å². The highest BCUT2D eigenvalue weighted by Gasteiger charge is 2.22. The zero-order valence-electron chi connectivity index (χ0n) is 19.2. The minimum absolute atomic E-state index is 0.0140. The van der Waals surface area contributed by atoms with Crippen LogP contribution in [0.4, 0.5) is 0 Å². The topological polar surface area (TPSA) is 171 Å². The second kappa shape index (κ2) is 14.9. The van der Waals surface area contributed by atoms with Crippen LogP contribution in [0.1, 0.15) is 18.5 Å². The van der Waals surface area contributed by atoms with Gasteiger partial charge < -0.3 is 23.8 Å². The van der Waals surface area contributed by atoms with E-state index in [0.29, 0.717) is 61.2 Å². The molecule has 14 heteroatoms. The minimum Gasteiger partial charge on any atom is -0.607 e. The number of azide groups is 1. The molecule has 0 fully saturated rings. The monoisotopic (exact) mass is 533 g/mol. The zero-order chi connectivity index (χ0) is 25.6. The molecule has 0 aliphatic rings. The Balaban J connectivity index is 1.33. The molecule has 0 saturated heterocycles. The fraction of sp³-hybridized carbons (Fsp3) is 0.364. The van der Waals surface area contributed by atoms with Crippen molar-refractivity contribution in [1.82, 2.24) is 20.5 Å². The molecule has 0 radical (unpaired) electrons. The molecule has 3 aromatic rings.